The molecule has 0 saturated carbocycles. The van der Waals surface area contributed by atoms with E-state index in [2.05, 4.69) is 16.0 Å². The van der Waals surface area contributed by atoms with E-state index < -0.39 is 24.0 Å². The Kier molecular flexibility index (Phi) is 7.45. The smallest absolute Gasteiger partial charge is 0.326 e. The summed E-state index contributed by atoms with van der Waals surface area (Å²) < 4.78 is 0. The van der Waals surface area contributed by atoms with Gasteiger partial charge in [0, 0.05) is 13.0 Å². The largest absolute Gasteiger partial charge is 0.508 e. The summed E-state index contributed by atoms with van der Waals surface area (Å²) in [5, 5.41) is 27.1. The summed E-state index contributed by atoms with van der Waals surface area (Å²) >= 11 is 0. The normalized spacial score (nSPS) is 21.5. The monoisotopic (exact) mass is 432 g/mol. The predicted molar refractivity (Wildman–Crippen MR) is 110 cm³/mol. The highest BCUT2D eigenvalue weighted by Crippen LogP contribution is 2.18. The first-order valence-electron chi connectivity index (χ1n) is 10.5. The summed E-state index contributed by atoms with van der Waals surface area (Å²) in [5.74, 6) is -2.25. The summed E-state index contributed by atoms with van der Waals surface area (Å²) in [7, 11) is 0. The van der Waals surface area contributed by atoms with Gasteiger partial charge in [0.15, 0.2) is 0 Å². The quantitative estimate of drug-likeness (QED) is 0.367. The molecule has 3 amide bonds. The first-order valence-corrected chi connectivity index (χ1v) is 10.5. The number of nitrogens with one attached hydrogen (secondary N) is 3. The number of phenolic OH excluding ortho intramolecular Hbond substituents is 1. The molecule has 3 unspecified atom stereocenters. The molecule has 10 nitrogen and oxygen atoms in total. The molecule has 0 aliphatic carbocycles. The van der Waals surface area contributed by atoms with Crippen molar-refractivity contribution >= 4 is 23.7 Å². The van der Waals surface area contributed by atoms with Gasteiger partial charge in [-0.2, -0.15) is 0 Å². The minimum atomic E-state index is -1.19. The Bertz CT molecular complexity index is 822. The van der Waals surface area contributed by atoms with E-state index in [0.29, 0.717) is 24.9 Å². The Balaban J connectivity index is 1.55. The summed E-state index contributed by atoms with van der Waals surface area (Å²) in [6.07, 6.45) is 2.74. The van der Waals surface area contributed by atoms with Crippen LogP contribution in [0.5, 0.6) is 5.75 Å². The molecule has 2 saturated heterocycles. The second-order valence-electron chi connectivity index (χ2n) is 7.88. The number of rotatable bonds is 8. The van der Waals surface area contributed by atoms with Crippen LogP contribution in [-0.4, -0.2) is 76.6 Å². The van der Waals surface area contributed by atoms with E-state index in [-0.39, 0.29) is 36.6 Å². The van der Waals surface area contributed by atoms with E-state index in [1.165, 1.54) is 17.0 Å². The SMILES string of the molecule is O=C(O)C(Cc1ccc(O)cc1)NC(=O)C1CCCN1C(=O)CNC(=O)C1CCCN1. The maximum Gasteiger partial charge on any atom is 0.326 e. The summed E-state index contributed by atoms with van der Waals surface area (Å²) in [5.41, 5.74) is 0.646. The number of carboxylic acid groups (broad SMARTS) is 1. The van der Waals surface area contributed by atoms with E-state index in [1.807, 2.05) is 0 Å². The van der Waals surface area contributed by atoms with Gasteiger partial charge >= 0.3 is 5.97 Å². The average Bonchev–Trinajstić information content (AvgIpc) is 3.44. The summed E-state index contributed by atoms with van der Waals surface area (Å²) in [4.78, 5) is 50.5. The topological polar surface area (TPSA) is 148 Å². The molecular weight excluding hydrogens is 404 g/mol. The third-order valence-electron chi connectivity index (χ3n) is 5.66. The van der Waals surface area contributed by atoms with Crippen LogP contribution in [0.3, 0.4) is 0 Å². The maximum absolute atomic E-state index is 12.8. The number of carbonyl (C=O) groups excluding carboxylic acids is 3. The van der Waals surface area contributed by atoms with Crippen molar-refractivity contribution in [2.24, 2.45) is 0 Å². The molecule has 10 heteroatoms. The van der Waals surface area contributed by atoms with Gasteiger partial charge < -0.3 is 31.1 Å². The number of amides is 3. The van der Waals surface area contributed by atoms with Gasteiger partial charge in [-0.15, -0.1) is 0 Å². The molecule has 0 spiro atoms. The maximum atomic E-state index is 12.8. The van der Waals surface area contributed by atoms with Crippen molar-refractivity contribution in [2.45, 2.75) is 50.2 Å². The zero-order valence-electron chi connectivity index (χ0n) is 17.2. The highest BCUT2D eigenvalue weighted by molar-refractivity contribution is 5.93. The number of likely N-dealkylation sites (tertiary alicyclic amines) is 1. The third kappa shape index (κ3) is 5.94. The van der Waals surface area contributed by atoms with Crippen LogP contribution in [0.25, 0.3) is 0 Å². The number of hydrogen-bond acceptors (Lipinski definition) is 6. The van der Waals surface area contributed by atoms with Crippen molar-refractivity contribution in [1.29, 1.82) is 0 Å². The van der Waals surface area contributed by atoms with E-state index in [1.54, 1.807) is 12.1 Å². The molecule has 3 atom stereocenters. The van der Waals surface area contributed by atoms with Gasteiger partial charge in [0.1, 0.15) is 17.8 Å². The second-order valence-corrected chi connectivity index (χ2v) is 7.88. The van der Waals surface area contributed by atoms with E-state index in [4.69, 9.17) is 0 Å². The fourth-order valence-corrected chi connectivity index (χ4v) is 3.97. The zero-order chi connectivity index (χ0) is 22.4. The van der Waals surface area contributed by atoms with Crippen molar-refractivity contribution in [3.63, 3.8) is 0 Å². The zero-order valence-corrected chi connectivity index (χ0v) is 17.2. The molecular formula is C21H28N4O6. The van der Waals surface area contributed by atoms with Crippen molar-refractivity contribution in [1.82, 2.24) is 20.9 Å². The summed E-state index contributed by atoms with van der Waals surface area (Å²) in [6, 6.07) is 3.85. The van der Waals surface area contributed by atoms with Crippen molar-refractivity contribution in [3.05, 3.63) is 29.8 Å². The average molecular weight is 432 g/mol. The Hall–Kier alpha value is -3.14. The van der Waals surface area contributed by atoms with Crippen LogP contribution in [0.4, 0.5) is 0 Å². The molecule has 168 valence electrons. The fraction of sp³-hybridized carbons (Fsp3) is 0.524. The summed E-state index contributed by atoms with van der Waals surface area (Å²) in [6.45, 7) is 0.954. The van der Waals surface area contributed by atoms with Crippen LogP contribution in [0.2, 0.25) is 0 Å². The number of carbonyl (C=O) groups is 4. The highest BCUT2D eigenvalue weighted by atomic mass is 16.4. The third-order valence-corrected chi connectivity index (χ3v) is 5.66. The molecule has 1 aromatic carbocycles. The first kappa shape index (κ1) is 22.5. The first-order chi connectivity index (χ1) is 14.8. The number of hydrogen-bond donors (Lipinski definition) is 5. The number of benzene rings is 1. The molecule has 0 radical (unpaired) electrons. The lowest BCUT2D eigenvalue weighted by atomic mass is 10.0. The van der Waals surface area contributed by atoms with Crippen LogP contribution in [0.15, 0.2) is 24.3 Å². The predicted octanol–water partition coefficient (Wildman–Crippen LogP) is -0.637. The molecule has 3 rings (SSSR count). The number of phenols is 1. The Morgan fingerprint density at radius 2 is 1.84 bits per heavy atom. The van der Waals surface area contributed by atoms with Crippen LogP contribution >= 0.6 is 0 Å². The van der Waals surface area contributed by atoms with E-state index in [0.717, 1.165) is 19.4 Å². The van der Waals surface area contributed by atoms with Crippen molar-refractivity contribution < 1.29 is 29.4 Å². The second kappa shape index (κ2) is 10.3. The van der Waals surface area contributed by atoms with Gasteiger partial charge in [-0.05, 0) is 49.9 Å². The molecule has 0 bridgehead atoms. The van der Waals surface area contributed by atoms with Gasteiger partial charge in [-0.1, -0.05) is 12.1 Å². The highest BCUT2D eigenvalue weighted by Gasteiger charge is 2.36. The standard InChI is InChI=1S/C21H28N4O6/c26-14-7-5-13(6-8-14)11-16(21(30)31)24-20(29)17-4-2-10-25(17)18(27)12-23-19(28)15-3-1-9-22-15/h5-8,15-17,22,26H,1-4,9-12H2,(H,23,28)(H,24,29)(H,30,31). The lowest BCUT2D eigenvalue weighted by Gasteiger charge is -2.26. The number of carboxylic acids is 1. The van der Waals surface area contributed by atoms with Gasteiger partial charge in [0.05, 0.1) is 12.6 Å². The van der Waals surface area contributed by atoms with Crippen LogP contribution < -0.4 is 16.0 Å². The van der Waals surface area contributed by atoms with E-state index in [9.17, 15) is 29.4 Å². The number of aromatic hydroxyl groups is 1. The molecule has 2 heterocycles. The minimum absolute atomic E-state index is 0.0481. The van der Waals surface area contributed by atoms with Gasteiger partial charge in [0.25, 0.3) is 0 Å². The molecule has 0 aromatic heterocycles. The molecule has 31 heavy (non-hydrogen) atoms. The van der Waals surface area contributed by atoms with Gasteiger partial charge in [0.2, 0.25) is 17.7 Å². The fourth-order valence-electron chi connectivity index (χ4n) is 3.97. The molecule has 2 aliphatic rings. The van der Waals surface area contributed by atoms with E-state index >= 15 is 0 Å². The Morgan fingerprint density at radius 1 is 1.10 bits per heavy atom. The van der Waals surface area contributed by atoms with Crippen molar-refractivity contribution in [3.8, 4) is 5.75 Å². The minimum Gasteiger partial charge on any atom is -0.508 e. The molecule has 5 N–H and O–H groups in total. The van der Waals surface area contributed by atoms with Crippen LogP contribution in [0, 0.1) is 0 Å². The Labute approximate surface area is 180 Å². The van der Waals surface area contributed by atoms with Crippen molar-refractivity contribution in [2.75, 3.05) is 19.6 Å². The number of aliphatic carboxylic acids is 1. The van der Waals surface area contributed by atoms with Gasteiger partial charge in [-0.25, -0.2) is 4.79 Å². The van der Waals surface area contributed by atoms with Crippen LogP contribution in [0.1, 0.15) is 31.2 Å². The lowest BCUT2D eigenvalue weighted by molar-refractivity contribution is -0.144. The lowest BCUT2D eigenvalue weighted by Crippen LogP contribution is -2.53. The molecule has 1 aromatic rings. The van der Waals surface area contributed by atoms with Gasteiger partial charge in [-0.3, -0.25) is 14.4 Å². The molecule has 2 fully saturated rings. The molecule has 2 aliphatic heterocycles. The Morgan fingerprint density at radius 3 is 2.48 bits per heavy atom. The number of nitrogens with zero attached hydrogens (tertiary/aromatic N) is 1. The van der Waals surface area contributed by atoms with Crippen LogP contribution in [-0.2, 0) is 25.6 Å².